The highest BCUT2D eigenvalue weighted by Crippen LogP contribution is 2.14. The third-order valence-electron chi connectivity index (χ3n) is 1.89. The molecule has 0 unspecified atom stereocenters. The number of hydrogen-bond donors (Lipinski definition) is 1. The number of hydrazone groups is 1. The predicted octanol–water partition coefficient (Wildman–Crippen LogP) is 0.0682. The molecule has 10 nitrogen and oxygen atoms in total. The number of amides is 3. The van der Waals surface area contributed by atoms with Crippen LogP contribution < -0.4 is 5.32 Å². The highest BCUT2D eigenvalue weighted by atomic mass is 32.2. The maximum absolute atomic E-state index is 11.1. The minimum atomic E-state index is -0.691. The largest absolute Gasteiger partial charge is 0.433 e. The normalized spacial score (nSPS) is 14.3. The maximum Gasteiger partial charge on any atom is 0.433 e. The molecule has 0 spiro atoms. The van der Waals surface area contributed by atoms with Crippen LogP contribution in [0.5, 0.6) is 0 Å². The molecule has 114 valence electrons. The van der Waals surface area contributed by atoms with Gasteiger partial charge in [0.25, 0.3) is 0 Å². The number of carbonyl (C=O) groups is 2. The molecule has 0 bridgehead atoms. The molecule has 3 amide bonds. The summed E-state index contributed by atoms with van der Waals surface area (Å²) in [5.74, 6) is -0.769. The first-order valence-electron chi connectivity index (χ1n) is 5.44. The topological polar surface area (TPSA) is 135 Å². The van der Waals surface area contributed by atoms with Crippen LogP contribution in [0.1, 0.15) is 5.76 Å². The molecule has 1 aromatic rings. The second kappa shape index (κ2) is 7.28. The van der Waals surface area contributed by atoms with Gasteiger partial charge in [-0.1, -0.05) is 0 Å². The summed E-state index contributed by atoms with van der Waals surface area (Å²) in [4.78, 5) is 31.5. The van der Waals surface area contributed by atoms with Gasteiger partial charge in [0.15, 0.2) is 5.76 Å². The zero-order valence-corrected chi connectivity index (χ0v) is 12.0. The van der Waals surface area contributed by atoms with E-state index in [1.54, 1.807) is 12.5 Å². The third kappa shape index (κ3) is 5.52. The van der Waals surface area contributed by atoms with Crippen molar-refractivity contribution in [3.8, 4) is 0 Å². The Hall–Kier alpha value is -2.56. The fourth-order valence-corrected chi connectivity index (χ4v) is 1.16. The Morgan fingerprint density at radius 2 is 2.10 bits per heavy atom. The van der Waals surface area contributed by atoms with Gasteiger partial charge in [0.1, 0.15) is 11.5 Å². The lowest BCUT2D eigenvalue weighted by molar-refractivity contribution is -0.402. The first-order valence-corrected chi connectivity index (χ1v) is 7.41. The lowest BCUT2D eigenvalue weighted by atomic mass is 10.5. The minimum absolute atomic E-state index is 0.115. The van der Waals surface area contributed by atoms with Crippen molar-refractivity contribution in [1.82, 2.24) is 10.3 Å². The number of nitrogens with zero attached hydrogens (tertiary/aromatic N) is 3. The molecule has 1 aliphatic rings. The highest BCUT2D eigenvalue weighted by Gasteiger charge is 2.26. The van der Waals surface area contributed by atoms with Gasteiger partial charge in [0.05, 0.1) is 12.3 Å². The summed E-state index contributed by atoms with van der Waals surface area (Å²) in [6.45, 7) is -0.182. The molecular formula is C10H12N4O6S. The van der Waals surface area contributed by atoms with E-state index in [0.29, 0.717) is 0 Å². The summed E-state index contributed by atoms with van der Waals surface area (Å²) in [7, 11) is -0.611. The SMILES string of the molecule is CS(C)=O.O=C1CN(/N=C/c2ccc([N+](=O)[O-])o2)C(=O)N1. The smallest absolute Gasteiger partial charge is 0.400 e. The minimum Gasteiger partial charge on any atom is -0.400 e. The van der Waals surface area contributed by atoms with Gasteiger partial charge in [-0.2, -0.15) is 5.10 Å². The Bertz CT molecular complexity index is 606. The molecule has 0 aromatic carbocycles. The number of nitro groups is 1. The molecule has 2 heterocycles. The number of urea groups is 1. The Labute approximate surface area is 121 Å². The van der Waals surface area contributed by atoms with Crippen molar-refractivity contribution in [3.63, 3.8) is 0 Å². The lowest BCUT2D eigenvalue weighted by Gasteiger charge is -2.02. The molecule has 0 saturated carbocycles. The van der Waals surface area contributed by atoms with E-state index in [1.807, 2.05) is 5.32 Å². The van der Waals surface area contributed by atoms with Crippen LogP contribution in [0.15, 0.2) is 21.7 Å². The molecule has 11 heteroatoms. The molecule has 0 aliphatic carbocycles. The Morgan fingerprint density at radius 3 is 2.52 bits per heavy atom. The van der Waals surface area contributed by atoms with Crippen LogP contribution >= 0.6 is 0 Å². The van der Waals surface area contributed by atoms with Crippen molar-refractivity contribution in [2.45, 2.75) is 0 Å². The zero-order chi connectivity index (χ0) is 16.0. The van der Waals surface area contributed by atoms with Gasteiger partial charge in [-0.3, -0.25) is 24.4 Å². The molecule has 21 heavy (non-hydrogen) atoms. The molecule has 0 radical (unpaired) electrons. The van der Waals surface area contributed by atoms with E-state index < -0.39 is 33.5 Å². The number of hydrogen-bond acceptors (Lipinski definition) is 7. The maximum atomic E-state index is 11.1. The first-order chi connectivity index (χ1) is 9.79. The van der Waals surface area contributed by atoms with Gasteiger partial charge < -0.3 is 4.42 Å². The van der Waals surface area contributed by atoms with Gasteiger partial charge in [-0.25, -0.2) is 9.80 Å². The van der Waals surface area contributed by atoms with E-state index in [-0.39, 0.29) is 12.3 Å². The fourth-order valence-electron chi connectivity index (χ4n) is 1.16. The monoisotopic (exact) mass is 316 g/mol. The highest BCUT2D eigenvalue weighted by molar-refractivity contribution is 7.83. The molecule has 1 saturated heterocycles. The third-order valence-corrected chi connectivity index (χ3v) is 1.89. The van der Waals surface area contributed by atoms with Gasteiger partial charge >= 0.3 is 11.9 Å². The van der Waals surface area contributed by atoms with Crippen molar-refractivity contribution in [1.29, 1.82) is 0 Å². The van der Waals surface area contributed by atoms with E-state index in [1.165, 1.54) is 6.07 Å². The molecule has 1 N–H and O–H groups in total. The summed E-state index contributed by atoms with van der Waals surface area (Å²) >= 11 is 0. The van der Waals surface area contributed by atoms with Crippen molar-refractivity contribution >= 4 is 34.8 Å². The molecule has 1 fully saturated rings. The van der Waals surface area contributed by atoms with Gasteiger partial charge in [0, 0.05) is 23.3 Å². The summed E-state index contributed by atoms with van der Waals surface area (Å²) in [5.41, 5.74) is 0. The van der Waals surface area contributed by atoms with Crippen molar-refractivity contribution in [3.05, 3.63) is 28.0 Å². The van der Waals surface area contributed by atoms with Gasteiger partial charge in [-0.05, 0) is 6.07 Å². The van der Waals surface area contributed by atoms with E-state index in [0.717, 1.165) is 17.3 Å². The number of nitrogens with one attached hydrogen (secondary N) is 1. The Morgan fingerprint density at radius 1 is 1.48 bits per heavy atom. The second-order valence-corrected chi connectivity index (χ2v) is 5.31. The second-order valence-electron chi connectivity index (χ2n) is 3.83. The van der Waals surface area contributed by atoms with Crippen molar-refractivity contribution in [2.75, 3.05) is 19.1 Å². The van der Waals surface area contributed by atoms with E-state index in [4.69, 9.17) is 4.42 Å². The number of carbonyl (C=O) groups excluding carboxylic acids is 2. The van der Waals surface area contributed by atoms with Gasteiger partial charge in [0.2, 0.25) is 5.91 Å². The predicted molar refractivity (Wildman–Crippen MR) is 73.2 cm³/mol. The Balaban J connectivity index is 0.000000491. The van der Waals surface area contributed by atoms with E-state index in [9.17, 15) is 23.9 Å². The average molecular weight is 316 g/mol. The van der Waals surface area contributed by atoms with Crippen molar-refractivity contribution < 1.29 is 23.1 Å². The van der Waals surface area contributed by atoms with Crippen LogP contribution in [0.4, 0.5) is 10.7 Å². The van der Waals surface area contributed by atoms with Crippen LogP contribution in [0, 0.1) is 10.1 Å². The standard InChI is InChI=1S/C8H6N4O5.C2H6OS/c13-6-4-11(8(14)10-6)9-3-5-1-2-7(17-5)12(15)16;1-4(2)3/h1-3H,4H2,(H,10,13,14);1-2H3/b9-3+;. The first kappa shape index (κ1) is 16.5. The van der Waals surface area contributed by atoms with E-state index >= 15 is 0 Å². The quantitative estimate of drug-likeness (QED) is 0.363. The number of rotatable bonds is 3. The summed E-state index contributed by atoms with van der Waals surface area (Å²) in [6.07, 6.45) is 4.39. The number of imide groups is 1. The van der Waals surface area contributed by atoms with Crippen LogP contribution in [0.25, 0.3) is 0 Å². The van der Waals surface area contributed by atoms with E-state index in [2.05, 4.69) is 5.10 Å². The van der Waals surface area contributed by atoms with Crippen LogP contribution in [0.3, 0.4) is 0 Å². The fraction of sp³-hybridized carbons (Fsp3) is 0.300. The summed E-state index contributed by atoms with van der Waals surface area (Å²) in [5, 5.41) is 16.9. The Kier molecular flexibility index (Phi) is 5.72. The molecular weight excluding hydrogens is 304 g/mol. The molecule has 2 rings (SSSR count). The van der Waals surface area contributed by atoms with Crippen LogP contribution in [0.2, 0.25) is 0 Å². The van der Waals surface area contributed by atoms with Crippen LogP contribution in [-0.2, 0) is 15.6 Å². The number of furan rings is 1. The van der Waals surface area contributed by atoms with Crippen LogP contribution in [-0.4, -0.2) is 51.4 Å². The summed E-state index contributed by atoms with van der Waals surface area (Å²) < 4.78 is 14.3. The average Bonchev–Trinajstić information content (AvgIpc) is 2.93. The lowest BCUT2D eigenvalue weighted by Crippen LogP contribution is -2.24. The molecule has 1 aromatic heterocycles. The molecule has 0 atom stereocenters. The zero-order valence-electron chi connectivity index (χ0n) is 11.1. The molecule has 1 aliphatic heterocycles. The summed E-state index contributed by atoms with van der Waals surface area (Å²) in [6, 6.07) is 1.85. The van der Waals surface area contributed by atoms with Gasteiger partial charge in [-0.15, -0.1) is 0 Å². The van der Waals surface area contributed by atoms with Crippen molar-refractivity contribution in [2.24, 2.45) is 5.10 Å².